The molecule has 0 saturated heterocycles. The standard InChI is InChI=1S/C15H21N5O/c1-4-17-15(14(16)21,13-8-6-5-7-9-13)10-20-12(3)18-11(2)19-20/h5-9,17H,4,10H2,1-3H3,(H2,16,21). The van der Waals surface area contributed by atoms with Gasteiger partial charge >= 0.3 is 0 Å². The first-order chi connectivity index (χ1) is 9.99. The third-order valence-electron chi connectivity index (χ3n) is 3.52. The van der Waals surface area contributed by atoms with Crippen molar-refractivity contribution in [2.75, 3.05) is 6.54 Å². The number of aromatic nitrogens is 3. The van der Waals surface area contributed by atoms with E-state index in [0.29, 0.717) is 18.9 Å². The Morgan fingerprint density at radius 3 is 2.48 bits per heavy atom. The molecule has 3 N–H and O–H groups in total. The fourth-order valence-electron chi connectivity index (χ4n) is 2.52. The van der Waals surface area contributed by atoms with Crippen LogP contribution in [0, 0.1) is 13.8 Å². The maximum Gasteiger partial charge on any atom is 0.244 e. The Morgan fingerprint density at radius 2 is 2.00 bits per heavy atom. The number of hydrogen-bond donors (Lipinski definition) is 2. The van der Waals surface area contributed by atoms with Gasteiger partial charge in [-0.2, -0.15) is 5.10 Å². The summed E-state index contributed by atoms with van der Waals surface area (Å²) in [5.74, 6) is 1.01. The first kappa shape index (κ1) is 15.2. The molecule has 6 nitrogen and oxygen atoms in total. The zero-order chi connectivity index (χ0) is 15.5. The van der Waals surface area contributed by atoms with Gasteiger partial charge in [0, 0.05) is 0 Å². The van der Waals surface area contributed by atoms with Crippen LogP contribution in [-0.2, 0) is 16.9 Å². The molecule has 1 aromatic carbocycles. The molecule has 1 heterocycles. The van der Waals surface area contributed by atoms with Crippen molar-refractivity contribution >= 4 is 5.91 Å². The van der Waals surface area contributed by atoms with Crippen molar-refractivity contribution in [3.63, 3.8) is 0 Å². The molecule has 1 unspecified atom stereocenters. The van der Waals surface area contributed by atoms with Crippen LogP contribution in [0.2, 0.25) is 0 Å². The second-order valence-electron chi connectivity index (χ2n) is 5.03. The van der Waals surface area contributed by atoms with E-state index in [1.807, 2.05) is 51.1 Å². The van der Waals surface area contributed by atoms with Gasteiger partial charge in [0.05, 0.1) is 6.54 Å². The minimum absolute atomic E-state index is 0.312. The highest BCUT2D eigenvalue weighted by Crippen LogP contribution is 2.23. The van der Waals surface area contributed by atoms with Crippen LogP contribution in [0.4, 0.5) is 0 Å². The summed E-state index contributed by atoms with van der Waals surface area (Å²) in [5, 5.41) is 7.58. The number of carbonyl (C=O) groups excluding carboxylic acids is 1. The van der Waals surface area contributed by atoms with Crippen LogP contribution in [0.15, 0.2) is 30.3 Å². The van der Waals surface area contributed by atoms with Crippen molar-refractivity contribution in [2.24, 2.45) is 5.73 Å². The van der Waals surface area contributed by atoms with Crippen LogP contribution in [0.25, 0.3) is 0 Å². The number of likely N-dealkylation sites (N-methyl/N-ethyl adjacent to an activating group) is 1. The van der Waals surface area contributed by atoms with Crippen LogP contribution in [0.5, 0.6) is 0 Å². The molecule has 6 heteroatoms. The van der Waals surface area contributed by atoms with Gasteiger partial charge in [0.15, 0.2) is 0 Å². The van der Waals surface area contributed by atoms with E-state index in [2.05, 4.69) is 15.4 Å². The summed E-state index contributed by atoms with van der Waals surface area (Å²) in [6, 6.07) is 9.48. The van der Waals surface area contributed by atoms with E-state index in [1.165, 1.54) is 0 Å². The zero-order valence-electron chi connectivity index (χ0n) is 12.6. The van der Waals surface area contributed by atoms with E-state index in [0.717, 1.165) is 11.4 Å². The van der Waals surface area contributed by atoms with E-state index in [1.54, 1.807) is 4.68 Å². The SMILES string of the molecule is CCNC(Cn1nc(C)nc1C)(C(N)=O)c1ccccc1. The fourth-order valence-corrected chi connectivity index (χ4v) is 2.52. The molecule has 2 aromatic rings. The van der Waals surface area contributed by atoms with Gasteiger partial charge in [-0.15, -0.1) is 0 Å². The Labute approximate surface area is 124 Å². The lowest BCUT2D eigenvalue weighted by Gasteiger charge is -2.32. The number of aryl methyl sites for hydroxylation is 2. The highest BCUT2D eigenvalue weighted by molar-refractivity contribution is 5.86. The maximum atomic E-state index is 12.2. The summed E-state index contributed by atoms with van der Waals surface area (Å²) in [4.78, 5) is 16.5. The second-order valence-corrected chi connectivity index (χ2v) is 5.03. The van der Waals surface area contributed by atoms with Crippen LogP contribution >= 0.6 is 0 Å². The molecule has 1 amide bonds. The lowest BCUT2D eigenvalue weighted by Crippen LogP contribution is -2.55. The summed E-state index contributed by atoms with van der Waals surface area (Å²) in [5.41, 5.74) is 5.56. The highest BCUT2D eigenvalue weighted by atomic mass is 16.1. The van der Waals surface area contributed by atoms with Crippen LogP contribution in [0.1, 0.15) is 24.1 Å². The van der Waals surface area contributed by atoms with E-state index < -0.39 is 11.4 Å². The number of nitrogens with two attached hydrogens (primary N) is 1. The van der Waals surface area contributed by atoms with E-state index in [9.17, 15) is 4.79 Å². The summed E-state index contributed by atoms with van der Waals surface area (Å²) in [6.07, 6.45) is 0. The number of nitrogens with one attached hydrogen (secondary N) is 1. The van der Waals surface area contributed by atoms with Crippen LogP contribution in [-0.4, -0.2) is 27.2 Å². The van der Waals surface area contributed by atoms with Gasteiger partial charge in [-0.05, 0) is 26.0 Å². The maximum absolute atomic E-state index is 12.2. The lowest BCUT2D eigenvalue weighted by molar-refractivity contribution is -0.125. The molecule has 21 heavy (non-hydrogen) atoms. The number of hydrogen-bond acceptors (Lipinski definition) is 4. The summed E-state index contributed by atoms with van der Waals surface area (Å²) >= 11 is 0. The first-order valence-corrected chi connectivity index (χ1v) is 6.98. The minimum atomic E-state index is -0.999. The normalized spacial score (nSPS) is 13.9. The lowest BCUT2D eigenvalue weighted by atomic mass is 9.88. The Balaban J connectivity index is 2.50. The fraction of sp³-hybridized carbons (Fsp3) is 0.400. The summed E-state index contributed by atoms with van der Waals surface area (Å²) in [6.45, 7) is 6.56. The van der Waals surface area contributed by atoms with Crippen LogP contribution < -0.4 is 11.1 Å². The van der Waals surface area contributed by atoms with Crippen molar-refractivity contribution in [2.45, 2.75) is 32.9 Å². The van der Waals surface area contributed by atoms with Crippen molar-refractivity contribution < 1.29 is 4.79 Å². The quantitative estimate of drug-likeness (QED) is 0.826. The molecule has 2 rings (SSSR count). The van der Waals surface area contributed by atoms with E-state index >= 15 is 0 Å². The van der Waals surface area contributed by atoms with Crippen molar-refractivity contribution in [3.8, 4) is 0 Å². The molecule has 0 bridgehead atoms. The molecule has 0 aliphatic rings. The van der Waals surface area contributed by atoms with E-state index in [-0.39, 0.29) is 0 Å². The molecule has 0 saturated carbocycles. The number of benzene rings is 1. The first-order valence-electron chi connectivity index (χ1n) is 6.98. The number of amides is 1. The van der Waals surface area contributed by atoms with Gasteiger partial charge in [-0.25, -0.2) is 9.67 Å². The largest absolute Gasteiger partial charge is 0.368 e. The van der Waals surface area contributed by atoms with Gasteiger partial charge < -0.3 is 5.73 Å². The zero-order valence-corrected chi connectivity index (χ0v) is 12.6. The minimum Gasteiger partial charge on any atom is -0.368 e. The molecule has 0 radical (unpaired) electrons. The number of primary amides is 1. The molecular formula is C15H21N5O. The molecule has 0 aliphatic heterocycles. The van der Waals surface area contributed by atoms with Crippen molar-refractivity contribution in [1.82, 2.24) is 20.1 Å². The Bertz CT molecular complexity index is 622. The van der Waals surface area contributed by atoms with Gasteiger partial charge in [-0.3, -0.25) is 10.1 Å². The van der Waals surface area contributed by atoms with Crippen molar-refractivity contribution in [3.05, 3.63) is 47.5 Å². The monoisotopic (exact) mass is 287 g/mol. The molecule has 1 atom stereocenters. The van der Waals surface area contributed by atoms with Gasteiger partial charge in [0.1, 0.15) is 17.2 Å². The average Bonchev–Trinajstić information content (AvgIpc) is 2.77. The molecule has 0 spiro atoms. The highest BCUT2D eigenvalue weighted by Gasteiger charge is 2.39. The molecule has 112 valence electrons. The topological polar surface area (TPSA) is 85.8 Å². The molecule has 0 aliphatic carbocycles. The van der Waals surface area contributed by atoms with Gasteiger partial charge in [-0.1, -0.05) is 37.3 Å². The van der Waals surface area contributed by atoms with Crippen molar-refractivity contribution in [1.29, 1.82) is 0 Å². The predicted octanol–water partition coefficient (Wildman–Crippen LogP) is 0.885. The predicted molar refractivity (Wildman–Crippen MR) is 80.5 cm³/mol. The average molecular weight is 287 g/mol. The Kier molecular flexibility index (Phi) is 4.37. The number of rotatable bonds is 6. The third-order valence-corrected chi connectivity index (χ3v) is 3.52. The smallest absolute Gasteiger partial charge is 0.244 e. The van der Waals surface area contributed by atoms with Gasteiger partial charge in [0.2, 0.25) is 5.91 Å². The third kappa shape index (κ3) is 2.95. The summed E-state index contributed by atoms with van der Waals surface area (Å²) in [7, 11) is 0. The molecule has 0 fully saturated rings. The summed E-state index contributed by atoms with van der Waals surface area (Å²) < 4.78 is 1.72. The molecule has 1 aromatic heterocycles. The second kappa shape index (κ2) is 6.05. The van der Waals surface area contributed by atoms with Crippen LogP contribution in [0.3, 0.4) is 0 Å². The van der Waals surface area contributed by atoms with E-state index in [4.69, 9.17) is 5.73 Å². The Hall–Kier alpha value is -2.21. The number of carbonyl (C=O) groups is 1. The molecular weight excluding hydrogens is 266 g/mol. The Morgan fingerprint density at radius 1 is 1.33 bits per heavy atom. The van der Waals surface area contributed by atoms with Gasteiger partial charge in [0.25, 0.3) is 0 Å². The number of nitrogens with zero attached hydrogens (tertiary/aromatic N) is 3.